The van der Waals surface area contributed by atoms with Gasteiger partial charge < -0.3 is 5.32 Å². The summed E-state index contributed by atoms with van der Waals surface area (Å²) >= 11 is 1.46. The van der Waals surface area contributed by atoms with Gasteiger partial charge in [0.1, 0.15) is 11.4 Å². The summed E-state index contributed by atoms with van der Waals surface area (Å²) in [6, 6.07) is 15.8. The van der Waals surface area contributed by atoms with E-state index in [1.165, 1.54) is 15.9 Å². The smallest absolute Gasteiger partial charge is 0.267 e. The molecule has 0 aliphatic carbocycles. The van der Waals surface area contributed by atoms with Crippen molar-refractivity contribution >= 4 is 33.8 Å². The average molecular weight is 546 g/mol. The summed E-state index contributed by atoms with van der Waals surface area (Å²) in [5, 5.41) is 10.4. The first-order valence-electron chi connectivity index (χ1n) is 12.6. The van der Waals surface area contributed by atoms with Gasteiger partial charge in [0.2, 0.25) is 0 Å². The standard InChI is InChI=1S/C30H23N7O2S/c1-18-17-40-24(32-18)14-13-21-9-7-12-23-26(21)30(39)37(22-10-5-4-6-11-22)27(34-23)20(3)33-29(38)25-19(2)35-36-16-8-15-31-28(25)36/h4-12,15-17,20H,1-3H3,(H,33,38). The molecule has 0 bridgehead atoms. The Kier molecular flexibility index (Phi) is 6.42. The largest absolute Gasteiger partial charge is 0.342 e. The van der Waals surface area contributed by atoms with Crippen molar-refractivity contribution in [1.29, 1.82) is 0 Å². The van der Waals surface area contributed by atoms with Crippen LogP contribution in [-0.4, -0.2) is 35.0 Å². The SMILES string of the molecule is Cc1csc(C#Cc2cccc3nc(C(C)NC(=O)c4c(C)nn5cccnc45)n(-c4ccccc4)c(=O)c23)n1. The summed E-state index contributed by atoms with van der Waals surface area (Å²) in [6.07, 6.45) is 3.36. The van der Waals surface area contributed by atoms with Gasteiger partial charge in [-0.05, 0) is 57.0 Å². The first-order chi connectivity index (χ1) is 19.4. The highest BCUT2D eigenvalue weighted by Gasteiger charge is 2.24. The molecular weight excluding hydrogens is 522 g/mol. The van der Waals surface area contributed by atoms with Gasteiger partial charge in [0.15, 0.2) is 10.7 Å². The van der Waals surface area contributed by atoms with Crippen LogP contribution in [0.2, 0.25) is 0 Å². The molecule has 6 rings (SSSR count). The molecule has 196 valence electrons. The van der Waals surface area contributed by atoms with Gasteiger partial charge in [-0.2, -0.15) is 5.10 Å². The van der Waals surface area contributed by atoms with E-state index < -0.39 is 6.04 Å². The Balaban J connectivity index is 1.48. The molecule has 6 aromatic rings. The minimum atomic E-state index is -0.629. The van der Waals surface area contributed by atoms with Crippen LogP contribution in [0.25, 0.3) is 22.2 Å². The molecule has 10 heteroatoms. The Morgan fingerprint density at radius 3 is 2.62 bits per heavy atom. The van der Waals surface area contributed by atoms with Gasteiger partial charge in [-0.3, -0.25) is 14.2 Å². The summed E-state index contributed by atoms with van der Waals surface area (Å²) in [4.78, 5) is 41.2. The maximum Gasteiger partial charge on any atom is 0.267 e. The van der Waals surface area contributed by atoms with E-state index in [1.54, 1.807) is 49.0 Å². The second-order valence-electron chi connectivity index (χ2n) is 9.23. The lowest BCUT2D eigenvalue weighted by molar-refractivity contribution is 0.0938. The Hall–Kier alpha value is -5.14. The van der Waals surface area contributed by atoms with Gasteiger partial charge in [-0.1, -0.05) is 30.2 Å². The molecule has 4 aromatic heterocycles. The Morgan fingerprint density at radius 1 is 1.02 bits per heavy atom. The van der Waals surface area contributed by atoms with Crippen LogP contribution >= 0.6 is 11.3 Å². The first-order valence-corrected chi connectivity index (χ1v) is 13.4. The van der Waals surface area contributed by atoms with E-state index in [0.29, 0.717) is 49.9 Å². The number of aromatic nitrogens is 6. The third kappa shape index (κ3) is 4.52. The molecule has 4 heterocycles. The molecular formula is C30H23N7O2S. The second-order valence-corrected chi connectivity index (χ2v) is 10.1. The second kappa shape index (κ2) is 10.2. The quantitative estimate of drug-likeness (QED) is 0.329. The van der Waals surface area contributed by atoms with E-state index in [2.05, 4.69) is 32.2 Å². The van der Waals surface area contributed by atoms with Crippen LogP contribution < -0.4 is 10.9 Å². The fourth-order valence-corrected chi connectivity index (χ4v) is 5.24. The van der Waals surface area contributed by atoms with Crippen molar-refractivity contribution in [2.75, 3.05) is 0 Å². The zero-order valence-electron chi connectivity index (χ0n) is 21.9. The molecule has 0 spiro atoms. The van der Waals surface area contributed by atoms with E-state index in [1.807, 2.05) is 48.7 Å². The molecule has 1 atom stereocenters. The van der Waals surface area contributed by atoms with E-state index >= 15 is 0 Å². The number of nitrogens with one attached hydrogen (secondary N) is 1. The number of fused-ring (bicyclic) bond motifs is 2. The van der Waals surface area contributed by atoms with Gasteiger partial charge in [0, 0.05) is 29.0 Å². The van der Waals surface area contributed by atoms with Gasteiger partial charge in [-0.15, -0.1) is 11.3 Å². The molecule has 0 fully saturated rings. The predicted molar refractivity (Wildman–Crippen MR) is 154 cm³/mol. The van der Waals surface area contributed by atoms with E-state index in [0.717, 1.165) is 5.69 Å². The molecule has 0 aliphatic rings. The molecule has 1 N–H and O–H groups in total. The minimum Gasteiger partial charge on any atom is -0.342 e. The van der Waals surface area contributed by atoms with Crippen LogP contribution in [0.4, 0.5) is 0 Å². The summed E-state index contributed by atoms with van der Waals surface area (Å²) in [5.41, 5.74) is 3.68. The molecule has 1 unspecified atom stereocenters. The Labute approximate surface area is 233 Å². The predicted octanol–water partition coefficient (Wildman–Crippen LogP) is 4.39. The number of nitrogens with zero attached hydrogens (tertiary/aromatic N) is 6. The molecule has 0 aliphatic heterocycles. The van der Waals surface area contributed by atoms with E-state index in [4.69, 9.17) is 4.98 Å². The number of carbonyl (C=O) groups is 1. The fourth-order valence-electron chi connectivity index (χ4n) is 4.60. The van der Waals surface area contributed by atoms with Crippen molar-refractivity contribution in [2.45, 2.75) is 26.8 Å². The van der Waals surface area contributed by atoms with Crippen LogP contribution in [0.1, 0.15) is 51.1 Å². The van der Waals surface area contributed by atoms with E-state index in [-0.39, 0.29) is 11.5 Å². The summed E-state index contributed by atoms with van der Waals surface area (Å²) in [7, 11) is 0. The Morgan fingerprint density at radius 2 is 1.85 bits per heavy atom. The number of aryl methyl sites for hydroxylation is 2. The van der Waals surface area contributed by atoms with Gasteiger partial charge >= 0.3 is 0 Å². The van der Waals surface area contributed by atoms with Gasteiger partial charge in [0.05, 0.1) is 28.3 Å². The van der Waals surface area contributed by atoms with Gasteiger partial charge in [-0.25, -0.2) is 19.5 Å². The van der Waals surface area contributed by atoms with Crippen molar-refractivity contribution in [1.82, 2.24) is 34.4 Å². The van der Waals surface area contributed by atoms with Crippen molar-refractivity contribution in [3.05, 3.63) is 116 Å². The number of carbonyl (C=O) groups excluding carboxylic acids is 1. The van der Waals surface area contributed by atoms with E-state index in [9.17, 15) is 9.59 Å². The molecule has 0 saturated carbocycles. The summed E-state index contributed by atoms with van der Waals surface area (Å²) in [5.74, 6) is 6.22. The average Bonchev–Trinajstić information content (AvgIpc) is 3.53. The first kappa shape index (κ1) is 25.2. The number of hydrogen-bond donors (Lipinski definition) is 1. The van der Waals surface area contributed by atoms with Crippen LogP contribution in [0.5, 0.6) is 0 Å². The van der Waals surface area contributed by atoms with Crippen LogP contribution in [-0.2, 0) is 0 Å². The fraction of sp³-hybridized carbons (Fsp3) is 0.133. The molecule has 0 saturated heterocycles. The number of thiazole rings is 1. The number of benzene rings is 2. The number of rotatable bonds is 4. The van der Waals surface area contributed by atoms with Gasteiger partial charge in [0.25, 0.3) is 11.5 Å². The number of para-hydroxylation sites is 1. The molecule has 40 heavy (non-hydrogen) atoms. The van der Waals surface area contributed by atoms with Crippen LogP contribution in [0.3, 0.4) is 0 Å². The molecule has 1 amide bonds. The molecule has 2 aromatic carbocycles. The van der Waals surface area contributed by atoms with Crippen LogP contribution in [0.15, 0.2) is 77.2 Å². The third-order valence-corrected chi connectivity index (χ3v) is 7.27. The third-order valence-electron chi connectivity index (χ3n) is 6.39. The summed E-state index contributed by atoms with van der Waals surface area (Å²) in [6.45, 7) is 5.48. The minimum absolute atomic E-state index is 0.277. The highest BCUT2D eigenvalue weighted by molar-refractivity contribution is 7.10. The lowest BCUT2D eigenvalue weighted by Crippen LogP contribution is -2.33. The highest BCUT2D eigenvalue weighted by atomic mass is 32.1. The topological polar surface area (TPSA) is 107 Å². The van der Waals surface area contributed by atoms with Crippen molar-refractivity contribution in [3.8, 4) is 17.5 Å². The number of hydrogen-bond acceptors (Lipinski definition) is 7. The van der Waals surface area contributed by atoms with Crippen LogP contribution in [0, 0.1) is 25.7 Å². The maximum absolute atomic E-state index is 14.1. The highest BCUT2D eigenvalue weighted by Crippen LogP contribution is 2.22. The zero-order valence-corrected chi connectivity index (χ0v) is 22.7. The molecule has 0 radical (unpaired) electrons. The van der Waals surface area contributed by atoms with Crippen molar-refractivity contribution in [3.63, 3.8) is 0 Å². The lowest BCUT2D eigenvalue weighted by atomic mass is 10.1. The number of amides is 1. The maximum atomic E-state index is 14.1. The van der Waals surface area contributed by atoms with Crippen molar-refractivity contribution in [2.24, 2.45) is 0 Å². The van der Waals surface area contributed by atoms with Crippen molar-refractivity contribution < 1.29 is 4.79 Å². The molecule has 9 nitrogen and oxygen atoms in total. The monoisotopic (exact) mass is 545 g/mol. The Bertz CT molecular complexity index is 2030. The summed E-state index contributed by atoms with van der Waals surface area (Å²) < 4.78 is 3.10. The normalized spacial score (nSPS) is 11.8. The lowest BCUT2D eigenvalue weighted by Gasteiger charge is -2.20. The zero-order chi connectivity index (χ0) is 27.8.